The summed E-state index contributed by atoms with van der Waals surface area (Å²) in [4.78, 5) is 21.0. The molecule has 6 nitrogen and oxygen atoms in total. The molecule has 2 aliphatic heterocycles. The average molecular weight is 305 g/mol. The van der Waals surface area contributed by atoms with Crippen molar-refractivity contribution in [2.45, 2.75) is 18.9 Å². The summed E-state index contributed by atoms with van der Waals surface area (Å²) >= 11 is 0. The van der Waals surface area contributed by atoms with Gasteiger partial charge >= 0.3 is 0 Å². The number of nitrogens with zero attached hydrogens (tertiary/aromatic N) is 3. The van der Waals surface area contributed by atoms with E-state index < -0.39 is 0 Å². The number of carbonyl (C=O) groups is 1. The molecule has 0 unspecified atom stereocenters. The lowest BCUT2D eigenvalue weighted by Gasteiger charge is -2.30. The molecule has 6 heteroatoms. The maximum Gasteiger partial charge on any atom is 0.259 e. The minimum Gasteiger partial charge on any atom is -0.474 e. The van der Waals surface area contributed by atoms with Crippen molar-refractivity contribution >= 4 is 5.91 Å². The molecule has 0 saturated carbocycles. The number of morpholine rings is 1. The Morgan fingerprint density at radius 1 is 1.27 bits per heavy atom. The van der Waals surface area contributed by atoms with Gasteiger partial charge in [0.25, 0.3) is 5.91 Å². The van der Waals surface area contributed by atoms with E-state index in [0.29, 0.717) is 37.7 Å². The molecule has 2 saturated heterocycles. The van der Waals surface area contributed by atoms with E-state index in [1.54, 1.807) is 18.3 Å². The molecule has 22 heavy (non-hydrogen) atoms. The predicted molar refractivity (Wildman–Crippen MR) is 82.1 cm³/mol. The zero-order chi connectivity index (χ0) is 15.4. The van der Waals surface area contributed by atoms with E-state index in [4.69, 9.17) is 9.47 Å². The van der Waals surface area contributed by atoms with Crippen LogP contribution in [0.3, 0.4) is 0 Å². The van der Waals surface area contributed by atoms with Gasteiger partial charge in [0.2, 0.25) is 5.88 Å². The Bertz CT molecular complexity index is 509. The fourth-order valence-corrected chi connectivity index (χ4v) is 2.84. The number of hydrogen-bond donors (Lipinski definition) is 0. The van der Waals surface area contributed by atoms with Crippen molar-refractivity contribution in [2.75, 3.05) is 46.4 Å². The molecular weight excluding hydrogens is 282 g/mol. The number of piperidine rings is 1. The molecule has 120 valence electrons. The summed E-state index contributed by atoms with van der Waals surface area (Å²) < 4.78 is 11.3. The third-order valence-electron chi connectivity index (χ3n) is 4.24. The SMILES string of the molecule is CN1CCC(Oc2ncccc2C(=O)N2CCOCC2)CC1. The Hall–Kier alpha value is -1.66. The van der Waals surface area contributed by atoms with Crippen molar-refractivity contribution in [3.8, 4) is 5.88 Å². The van der Waals surface area contributed by atoms with Gasteiger partial charge in [0.1, 0.15) is 11.7 Å². The fraction of sp³-hybridized carbons (Fsp3) is 0.625. The quantitative estimate of drug-likeness (QED) is 0.835. The van der Waals surface area contributed by atoms with E-state index in [2.05, 4.69) is 16.9 Å². The first-order valence-electron chi connectivity index (χ1n) is 7.91. The van der Waals surface area contributed by atoms with Crippen LogP contribution in [0.2, 0.25) is 0 Å². The van der Waals surface area contributed by atoms with Gasteiger partial charge in [0.05, 0.1) is 13.2 Å². The normalized spacial score (nSPS) is 20.9. The summed E-state index contributed by atoms with van der Waals surface area (Å²) in [5.41, 5.74) is 0.559. The Balaban J connectivity index is 1.70. The number of rotatable bonds is 3. The van der Waals surface area contributed by atoms with Crippen LogP contribution < -0.4 is 4.74 Å². The zero-order valence-electron chi connectivity index (χ0n) is 13.0. The number of ether oxygens (including phenoxy) is 2. The van der Waals surface area contributed by atoms with Gasteiger partial charge in [-0.15, -0.1) is 0 Å². The molecule has 0 bridgehead atoms. The van der Waals surface area contributed by atoms with E-state index in [1.807, 2.05) is 4.90 Å². The van der Waals surface area contributed by atoms with Crippen LogP contribution >= 0.6 is 0 Å². The Labute approximate surface area is 131 Å². The molecule has 0 spiro atoms. The van der Waals surface area contributed by atoms with E-state index >= 15 is 0 Å². The zero-order valence-corrected chi connectivity index (χ0v) is 13.0. The summed E-state index contributed by atoms with van der Waals surface area (Å²) in [5, 5.41) is 0. The summed E-state index contributed by atoms with van der Waals surface area (Å²) in [5.74, 6) is 0.452. The van der Waals surface area contributed by atoms with Crippen molar-refractivity contribution in [3.63, 3.8) is 0 Å². The molecule has 3 rings (SSSR count). The lowest BCUT2D eigenvalue weighted by molar-refractivity contribution is 0.0296. The minimum absolute atomic E-state index is 0.0145. The number of aromatic nitrogens is 1. The van der Waals surface area contributed by atoms with Crippen LogP contribution in [0.5, 0.6) is 5.88 Å². The van der Waals surface area contributed by atoms with Crippen molar-refractivity contribution < 1.29 is 14.3 Å². The van der Waals surface area contributed by atoms with Gasteiger partial charge in [-0.1, -0.05) is 0 Å². The maximum atomic E-state index is 12.7. The highest BCUT2D eigenvalue weighted by Gasteiger charge is 2.25. The Kier molecular flexibility index (Phi) is 4.90. The molecule has 3 heterocycles. The summed E-state index contributed by atoms with van der Waals surface area (Å²) in [7, 11) is 2.12. The summed E-state index contributed by atoms with van der Waals surface area (Å²) in [6.45, 7) is 4.48. The fourth-order valence-electron chi connectivity index (χ4n) is 2.84. The van der Waals surface area contributed by atoms with Gasteiger partial charge in [0, 0.05) is 32.4 Å². The lowest BCUT2D eigenvalue weighted by atomic mass is 10.1. The van der Waals surface area contributed by atoms with Crippen LogP contribution in [-0.2, 0) is 4.74 Å². The second-order valence-electron chi connectivity index (χ2n) is 5.88. The number of pyridine rings is 1. The van der Waals surface area contributed by atoms with Crippen LogP contribution in [0.4, 0.5) is 0 Å². The van der Waals surface area contributed by atoms with Gasteiger partial charge in [-0.2, -0.15) is 0 Å². The first kappa shape index (κ1) is 15.2. The Morgan fingerprint density at radius 3 is 2.73 bits per heavy atom. The molecule has 0 aliphatic carbocycles. The highest BCUT2D eigenvalue weighted by molar-refractivity contribution is 5.96. The first-order valence-corrected chi connectivity index (χ1v) is 7.91. The second-order valence-corrected chi connectivity index (χ2v) is 5.88. The molecule has 1 aromatic heterocycles. The van der Waals surface area contributed by atoms with Crippen molar-refractivity contribution in [3.05, 3.63) is 23.9 Å². The summed E-state index contributed by atoms with van der Waals surface area (Å²) in [6.07, 6.45) is 3.76. The first-order chi connectivity index (χ1) is 10.7. The van der Waals surface area contributed by atoms with Crippen molar-refractivity contribution in [2.24, 2.45) is 0 Å². The van der Waals surface area contributed by atoms with Crippen LogP contribution in [0.25, 0.3) is 0 Å². The van der Waals surface area contributed by atoms with Crippen LogP contribution in [0, 0.1) is 0 Å². The van der Waals surface area contributed by atoms with Gasteiger partial charge in [0.15, 0.2) is 0 Å². The molecule has 0 N–H and O–H groups in total. The highest BCUT2D eigenvalue weighted by atomic mass is 16.5. The van der Waals surface area contributed by atoms with E-state index in [1.165, 1.54) is 0 Å². The molecular formula is C16H23N3O3. The van der Waals surface area contributed by atoms with Gasteiger partial charge in [-0.05, 0) is 32.0 Å². The number of amides is 1. The van der Waals surface area contributed by atoms with E-state index in [9.17, 15) is 4.79 Å². The number of hydrogen-bond acceptors (Lipinski definition) is 5. The number of carbonyl (C=O) groups excluding carboxylic acids is 1. The minimum atomic E-state index is -0.0145. The monoisotopic (exact) mass is 305 g/mol. The topological polar surface area (TPSA) is 54.9 Å². The largest absolute Gasteiger partial charge is 0.474 e. The van der Waals surface area contributed by atoms with Crippen molar-refractivity contribution in [1.82, 2.24) is 14.8 Å². The maximum absolute atomic E-state index is 12.7. The highest BCUT2D eigenvalue weighted by Crippen LogP contribution is 2.22. The smallest absolute Gasteiger partial charge is 0.259 e. The third kappa shape index (κ3) is 3.56. The van der Waals surface area contributed by atoms with Crippen LogP contribution in [0.15, 0.2) is 18.3 Å². The molecule has 1 aromatic rings. The molecule has 0 aromatic carbocycles. The van der Waals surface area contributed by atoms with Crippen molar-refractivity contribution in [1.29, 1.82) is 0 Å². The van der Waals surface area contributed by atoms with Gasteiger partial charge < -0.3 is 19.3 Å². The molecule has 1 amide bonds. The molecule has 0 atom stereocenters. The second kappa shape index (κ2) is 7.07. The van der Waals surface area contributed by atoms with E-state index in [0.717, 1.165) is 25.9 Å². The van der Waals surface area contributed by atoms with E-state index in [-0.39, 0.29) is 12.0 Å². The number of likely N-dealkylation sites (tertiary alicyclic amines) is 1. The van der Waals surface area contributed by atoms with Crippen LogP contribution in [0.1, 0.15) is 23.2 Å². The van der Waals surface area contributed by atoms with Gasteiger partial charge in [-0.3, -0.25) is 4.79 Å². The lowest BCUT2D eigenvalue weighted by Crippen LogP contribution is -2.41. The third-order valence-corrected chi connectivity index (χ3v) is 4.24. The predicted octanol–water partition coefficient (Wildman–Crippen LogP) is 1.03. The Morgan fingerprint density at radius 2 is 2.00 bits per heavy atom. The molecule has 2 fully saturated rings. The van der Waals surface area contributed by atoms with Crippen LogP contribution in [-0.4, -0.2) is 73.2 Å². The standard InChI is InChI=1S/C16H23N3O3/c1-18-7-4-13(5-8-18)22-15-14(3-2-6-17-15)16(20)19-9-11-21-12-10-19/h2-3,6,13H,4-5,7-12H2,1H3. The molecule has 0 radical (unpaired) electrons. The molecule has 2 aliphatic rings. The van der Waals surface area contributed by atoms with Gasteiger partial charge in [-0.25, -0.2) is 4.98 Å². The average Bonchev–Trinajstić information content (AvgIpc) is 2.58. The summed E-state index contributed by atoms with van der Waals surface area (Å²) in [6, 6.07) is 3.59.